The Balaban J connectivity index is 1.52. The fourth-order valence-electron chi connectivity index (χ4n) is 6.13. The highest BCUT2D eigenvalue weighted by molar-refractivity contribution is 5.96. The zero-order valence-electron chi connectivity index (χ0n) is 20.5. The van der Waals surface area contributed by atoms with Crippen LogP contribution in [0.3, 0.4) is 0 Å². The standard InChI is InChI=1S/C30H24F3N3O2/c1-34-14-5-15-35-18-6-2-8-20-26(18)29-27-19(35)7-3-10-24(27)38-25-11-4-9-21(28(25)29)36(20)22-16-17(30(31,32)33)12-13-23(22)37/h2-4,6-13,16,29,34,37H,5,14-15H2,1H3. The minimum atomic E-state index is -4.55. The molecule has 192 valence electrons. The number of phenols is 1. The van der Waals surface area contributed by atoms with Crippen LogP contribution in [0.5, 0.6) is 17.2 Å². The second kappa shape index (κ2) is 8.16. The summed E-state index contributed by atoms with van der Waals surface area (Å²) in [4.78, 5) is 4.02. The molecule has 0 amide bonds. The Bertz CT molecular complexity index is 1600. The Hall–Kier alpha value is -4.17. The van der Waals surface area contributed by atoms with Crippen molar-refractivity contribution in [3.8, 4) is 17.2 Å². The number of alkyl halides is 3. The van der Waals surface area contributed by atoms with Crippen LogP contribution in [0.2, 0.25) is 0 Å². The van der Waals surface area contributed by atoms with Crippen molar-refractivity contribution in [2.24, 2.45) is 0 Å². The summed E-state index contributed by atoms with van der Waals surface area (Å²) >= 11 is 0. The van der Waals surface area contributed by atoms with E-state index in [1.807, 2.05) is 49.5 Å². The Labute approximate surface area is 217 Å². The van der Waals surface area contributed by atoms with E-state index in [0.29, 0.717) is 11.4 Å². The van der Waals surface area contributed by atoms with Crippen molar-refractivity contribution >= 4 is 28.4 Å². The van der Waals surface area contributed by atoms with Crippen LogP contribution in [0.15, 0.2) is 72.8 Å². The van der Waals surface area contributed by atoms with Crippen LogP contribution < -0.4 is 19.9 Å². The topological polar surface area (TPSA) is 48.0 Å². The number of anilines is 5. The fraction of sp³-hybridized carbons (Fsp3) is 0.200. The van der Waals surface area contributed by atoms with Gasteiger partial charge in [-0.3, -0.25) is 0 Å². The monoisotopic (exact) mass is 515 g/mol. The quantitative estimate of drug-likeness (QED) is 0.232. The lowest BCUT2D eigenvalue weighted by atomic mass is 9.74. The summed E-state index contributed by atoms with van der Waals surface area (Å²) in [7, 11) is 1.92. The van der Waals surface area contributed by atoms with E-state index in [-0.39, 0.29) is 17.4 Å². The summed E-state index contributed by atoms with van der Waals surface area (Å²) in [5, 5.41) is 14.1. The molecule has 0 aromatic heterocycles. The Morgan fingerprint density at radius 1 is 0.816 bits per heavy atom. The van der Waals surface area contributed by atoms with E-state index in [0.717, 1.165) is 77.2 Å². The number of rotatable bonds is 5. The maximum atomic E-state index is 13.8. The highest BCUT2D eigenvalue weighted by Gasteiger charge is 2.46. The lowest BCUT2D eigenvalue weighted by Gasteiger charge is -2.47. The molecule has 0 fully saturated rings. The Kier molecular flexibility index (Phi) is 4.94. The summed E-state index contributed by atoms with van der Waals surface area (Å²) in [5.74, 6) is 1.08. The molecule has 2 N–H and O–H groups in total. The highest BCUT2D eigenvalue weighted by atomic mass is 19.4. The van der Waals surface area contributed by atoms with Crippen LogP contribution >= 0.6 is 0 Å². The molecule has 1 atom stereocenters. The minimum Gasteiger partial charge on any atom is -0.506 e. The zero-order valence-corrected chi connectivity index (χ0v) is 20.5. The van der Waals surface area contributed by atoms with Crippen LogP contribution in [0.25, 0.3) is 0 Å². The lowest BCUT2D eigenvalue weighted by molar-refractivity contribution is -0.137. The molecule has 4 aromatic carbocycles. The van der Waals surface area contributed by atoms with Gasteiger partial charge < -0.3 is 25.0 Å². The third-order valence-corrected chi connectivity index (χ3v) is 7.65. The zero-order chi connectivity index (χ0) is 26.2. The van der Waals surface area contributed by atoms with E-state index < -0.39 is 11.7 Å². The molecule has 1 unspecified atom stereocenters. The third kappa shape index (κ3) is 3.16. The van der Waals surface area contributed by atoms with Crippen molar-refractivity contribution in [2.45, 2.75) is 18.5 Å². The molecule has 3 heterocycles. The molecule has 8 heteroatoms. The lowest BCUT2D eigenvalue weighted by Crippen LogP contribution is -2.34. The molecule has 0 aliphatic carbocycles. The highest BCUT2D eigenvalue weighted by Crippen LogP contribution is 2.65. The Morgan fingerprint density at radius 3 is 2.11 bits per heavy atom. The Morgan fingerprint density at radius 2 is 1.42 bits per heavy atom. The van der Waals surface area contributed by atoms with Gasteiger partial charge in [0.1, 0.15) is 17.2 Å². The average molecular weight is 516 g/mol. The van der Waals surface area contributed by atoms with E-state index in [2.05, 4.69) is 22.3 Å². The first-order chi connectivity index (χ1) is 18.4. The summed E-state index contributed by atoms with van der Waals surface area (Å²) in [6.45, 7) is 1.60. The molecule has 38 heavy (non-hydrogen) atoms. The number of hydrogen-bond acceptors (Lipinski definition) is 5. The SMILES string of the molecule is CNCCCN1c2cccc3c2C2c4c(cccc4N(c4cc(C(F)(F)F)ccc4O)c4cccc1c42)O3. The third-order valence-electron chi connectivity index (χ3n) is 7.65. The molecule has 3 aliphatic heterocycles. The van der Waals surface area contributed by atoms with Crippen LogP contribution in [-0.4, -0.2) is 25.2 Å². The van der Waals surface area contributed by atoms with Gasteiger partial charge in [-0.15, -0.1) is 0 Å². The molecule has 0 saturated heterocycles. The summed E-state index contributed by atoms with van der Waals surface area (Å²) in [6.07, 6.45) is -3.65. The predicted molar refractivity (Wildman–Crippen MR) is 141 cm³/mol. The minimum absolute atomic E-state index is 0.0754. The van der Waals surface area contributed by atoms with Gasteiger partial charge in [-0.1, -0.05) is 18.2 Å². The van der Waals surface area contributed by atoms with Crippen molar-refractivity contribution in [3.05, 3.63) is 95.1 Å². The van der Waals surface area contributed by atoms with Crippen LogP contribution in [0, 0.1) is 0 Å². The van der Waals surface area contributed by atoms with E-state index in [4.69, 9.17) is 4.74 Å². The number of ether oxygens (including phenoxy) is 1. The van der Waals surface area contributed by atoms with Gasteiger partial charge in [0, 0.05) is 40.5 Å². The van der Waals surface area contributed by atoms with Crippen LogP contribution in [-0.2, 0) is 6.18 Å². The van der Waals surface area contributed by atoms with Crippen molar-refractivity contribution in [2.75, 3.05) is 29.9 Å². The van der Waals surface area contributed by atoms with Gasteiger partial charge in [-0.05, 0) is 74.6 Å². The van der Waals surface area contributed by atoms with Gasteiger partial charge in [0.15, 0.2) is 0 Å². The fourth-order valence-corrected chi connectivity index (χ4v) is 6.13. The molecular weight excluding hydrogens is 491 g/mol. The smallest absolute Gasteiger partial charge is 0.416 e. The summed E-state index contributed by atoms with van der Waals surface area (Å²) < 4.78 is 47.7. The first-order valence-electron chi connectivity index (χ1n) is 12.6. The number of hydrogen-bond donors (Lipinski definition) is 2. The first kappa shape index (κ1) is 23.0. The van der Waals surface area contributed by atoms with Crippen molar-refractivity contribution in [3.63, 3.8) is 0 Å². The van der Waals surface area contributed by atoms with Crippen molar-refractivity contribution < 1.29 is 23.0 Å². The molecule has 3 aliphatic rings. The van der Waals surface area contributed by atoms with Crippen LogP contribution in [0.4, 0.5) is 41.6 Å². The van der Waals surface area contributed by atoms with Gasteiger partial charge in [-0.25, -0.2) is 0 Å². The maximum absolute atomic E-state index is 13.8. The largest absolute Gasteiger partial charge is 0.506 e. The van der Waals surface area contributed by atoms with Gasteiger partial charge in [0.25, 0.3) is 0 Å². The van der Waals surface area contributed by atoms with E-state index in [1.54, 1.807) is 4.90 Å². The molecule has 7 rings (SSSR count). The molecule has 0 bridgehead atoms. The van der Waals surface area contributed by atoms with Crippen LogP contribution in [0.1, 0.15) is 34.6 Å². The molecule has 5 nitrogen and oxygen atoms in total. The number of phenolic OH excluding ortho intramolecular Hbond substituents is 1. The molecule has 0 radical (unpaired) electrons. The summed E-state index contributed by atoms with van der Waals surface area (Å²) in [5.41, 5.74) is 5.71. The van der Waals surface area contributed by atoms with Gasteiger partial charge in [0.05, 0.1) is 22.6 Å². The summed E-state index contributed by atoms with van der Waals surface area (Å²) in [6, 6.07) is 20.6. The average Bonchev–Trinajstić information content (AvgIpc) is 2.90. The van der Waals surface area contributed by atoms with E-state index in [9.17, 15) is 18.3 Å². The molecule has 0 spiro atoms. The number of nitrogens with one attached hydrogen (secondary N) is 1. The van der Waals surface area contributed by atoms with Crippen molar-refractivity contribution in [1.82, 2.24) is 5.32 Å². The predicted octanol–water partition coefficient (Wildman–Crippen LogP) is 7.54. The van der Waals surface area contributed by atoms with E-state index in [1.165, 1.54) is 0 Å². The van der Waals surface area contributed by atoms with Gasteiger partial charge >= 0.3 is 6.18 Å². The second-order valence-electron chi connectivity index (χ2n) is 9.77. The normalized spacial score (nSPS) is 16.3. The number of nitrogens with zero attached hydrogens (tertiary/aromatic N) is 2. The second-order valence-corrected chi connectivity index (χ2v) is 9.77. The van der Waals surface area contributed by atoms with Crippen molar-refractivity contribution in [1.29, 1.82) is 0 Å². The maximum Gasteiger partial charge on any atom is 0.416 e. The number of aromatic hydroxyl groups is 1. The molecule has 0 saturated carbocycles. The number of benzene rings is 4. The van der Waals surface area contributed by atoms with Gasteiger partial charge in [-0.2, -0.15) is 13.2 Å². The first-order valence-corrected chi connectivity index (χ1v) is 12.6. The molecule has 4 aromatic rings. The van der Waals surface area contributed by atoms with E-state index >= 15 is 0 Å². The van der Waals surface area contributed by atoms with Gasteiger partial charge in [0.2, 0.25) is 0 Å². The molecular formula is C30H24F3N3O2. The number of halogens is 3.